The number of primary amides is 1. The van der Waals surface area contributed by atoms with Crippen LogP contribution in [0, 0.1) is 18.6 Å². The zero-order valence-electron chi connectivity index (χ0n) is 14.6. The van der Waals surface area contributed by atoms with E-state index in [1.54, 1.807) is 25.4 Å². The third-order valence-corrected chi connectivity index (χ3v) is 4.49. The van der Waals surface area contributed by atoms with Crippen LogP contribution >= 0.6 is 0 Å². The Morgan fingerprint density at radius 3 is 2.58 bits per heavy atom. The normalized spacial score (nSPS) is 10.9. The van der Waals surface area contributed by atoms with Gasteiger partial charge >= 0.3 is 0 Å². The molecule has 2 aromatic heterocycles. The molecular formula is C20H19F2N3O. The van der Waals surface area contributed by atoms with Crippen LogP contribution in [0.3, 0.4) is 0 Å². The first-order valence-electron chi connectivity index (χ1n) is 8.30. The van der Waals surface area contributed by atoms with Crippen molar-refractivity contribution >= 4 is 5.91 Å². The van der Waals surface area contributed by atoms with Gasteiger partial charge in [-0.3, -0.25) is 9.78 Å². The van der Waals surface area contributed by atoms with Crippen molar-refractivity contribution in [2.24, 2.45) is 5.73 Å². The SMILES string of the molecule is CCc1c(-c2cccnc2)c(C(N)=O)c(C)n1Cc1ccc(F)c(F)c1. The molecule has 2 N–H and O–H groups in total. The van der Waals surface area contributed by atoms with Crippen LogP contribution in [0.5, 0.6) is 0 Å². The molecule has 0 spiro atoms. The fraction of sp³-hybridized carbons (Fsp3) is 0.200. The number of carbonyl (C=O) groups is 1. The van der Waals surface area contributed by atoms with Crippen molar-refractivity contribution < 1.29 is 13.6 Å². The average molecular weight is 355 g/mol. The number of nitrogens with two attached hydrogens (primary N) is 1. The first kappa shape index (κ1) is 17.8. The van der Waals surface area contributed by atoms with Crippen LogP contribution in [0.1, 0.15) is 34.2 Å². The van der Waals surface area contributed by atoms with Crippen LogP contribution in [-0.2, 0) is 13.0 Å². The van der Waals surface area contributed by atoms with Crippen molar-refractivity contribution in [2.75, 3.05) is 0 Å². The number of hydrogen-bond donors (Lipinski definition) is 1. The molecule has 1 aromatic carbocycles. The van der Waals surface area contributed by atoms with Gasteiger partial charge in [0.2, 0.25) is 0 Å². The van der Waals surface area contributed by atoms with Gasteiger partial charge < -0.3 is 10.3 Å². The lowest BCUT2D eigenvalue weighted by Crippen LogP contribution is -2.13. The van der Waals surface area contributed by atoms with E-state index in [0.29, 0.717) is 29.8 Å². The summed E-state index contributed by atoms with van der Waals surface area (Å²) in [7, 11) is 0. The fourth-order valence-electron chi connectivity index (χ4n) is 3.32. The fourth-order valence-corrected chi connectivity index (χ4v) is 3.32. The van der Waals surface area contributed by atoms with Gasteiger partial charge in [-0.05, 0) is 37.1 Å². The summed E-state index contributed by atoms with van der Waals surface area (Å²) in [6.45, 7) is 4.09. The van der Waals surface area contributed by atoms with Crippen LogP contribution in [0.4, 0.5) is 8.78 Å². The Morgan fingerprint density at radius 1 is 1.23 bits per heavy atom. The summed E-state index contributed by atoms with van der Waals surface area (Å²) >= 11 is 0. The summed E-state index contributed by atoms with van der Waals surface area (Å²) in [4.78, 5) is 16.3. The van der Waals surface area contributed by atoms with Crippen molar-refractivity contribution in [2.45, 2.75) is 26.8 Å². The molecule has 0 aliphatic heterocycles. The monoisotopic (exact) mass is 355 g/mol. The Morgan fingerprint density at radius 2 is 2.00 bits per heavy atom. The van der Waals surface area contributed by atoms with E-state index < -0.39 is 17.5 Å². The smallest absolute Gasteiger partial charge is 0.251 e. The standard InChI is InChI=1S/C20H19F2N3O/c1-3-17-19(14-5-4-8-24-10-14)18(20(23)26)12(2)25(17)11-13-6-7-15(21)16(22)9-13/h4-10H,3,11H2,1-2H3,(H2,23,26). The van der Waals surface area contributed by atoms with Crippen LogP contribution < -0.4 is 5.73 Å². The van der Waals surface area contributed by atoms with Crippen LogP contribution in [0.15, 0.2) is 42.7 Å². The van der Waals surface area contributed by atoms with Gasteiger partial charge in [0.05, 0.1) is 5.56 Å². The Hall–Kier alpha value is -3.02. The lowest BCUT2D eigenvalue weighted by atomic mass is 10.0. The number of pyridine rings is 1. The van der Waals surface area contributed by atoms with E-state index in [1.165, 1.54) is 12.1 Å². The summed E-state index contributed by atoms with van der Waals surface area (Å²) in [6.07, 6.45) is 3.98. The highest BCUT2D eigenvalue weighted by Gasteiger charge is 2.24. The Balaban J connectivity index is 2.19. The minimum absolute atomic E-state index is 0.312. The zero-order chi connectivity index (χ0) is 18.8. The summed E-state index contributed by atoms with van der Waals surface area (Å²) < 4.78 is 28.7. The molecule has 0 saturated carbocycles. The third kappa shape index (κ3) is 3.10. The van der Waals surface area contributed by atoms with Crippen molar-refractivity contribution in [3.05, 3.63) is 76.9 Å². The highest BCUT2D eigenvalue weighted by Crippen LogP contribution is 2.33. The molecule has 1 amide bonds. The molecule has 3 rings (SSSR count). The van der Waals surface area contributed by atoms with Gasteiger partial charge in [0, 0.05) is 41.5 Å². The molecule has 0 fully saturated rings. The maximum absolute atomic E-state index is 13.6. The van der Waals surface area contributed by atoms with E-state index >= 15 is 0 Å². The van der Waals surface area contributed by atoms with E-state index in [2.05, 4.69) is 4.98 Å². The number of aromatic nitrogens is 2. The molecule has 26 heavy (non-hydrogen) atoms. The van der Waals surface area contributed by atoms with Gasteiger partial charge in [-0.1, -0.05) is 19.1 Å². The van der Waals surface area contributed by atoms with Crippen LogP contribution in [0.2, 0.25) is 0 Å². The van der Waals surface area contributed by atoms with Gasteiger partial charge in [0.1, 0.15) is 0 Å². The van der Waals surface area contributed by atoms with Crippen molar-refractivity contribution in [3.8, 4) is 11.1 Å². The summed E-state index contributed by atoms with van der Waals surface area (Å²) in [5, 5.41) is 0. The molecule has 0 atom stereocenters. The van der Waals surface area contributed by atoms with Gasteiger partial charge in [0.25, 0.3) is 5.91 Å². The minimum Gasteiger partial charge on any atom is -0.366 e. The molecule has 0 radical (unpaired) electrons. The molecule has 0 unspecified atom stereocenters. The van der Waals surface area contributed by atoms with Gasteiger partial charge in [-0.25, -0.2) is 8.78 Å². The summed E-state index contributed by atoms with van der Waals surface area (Å²) in [5.41, 5.74) is 9.81. The van der Waals surface area contributed by atoms with Crippen molar-refractivity contribution in [1.29, 1.82) is 0 Å². The predicted molar refractivity (Wildman–Crippen MR) is 95.8 cm³/mol. The number of benzene rings is 1. The van der Waals surface area contributed by atoms with E-state index in [0.717, 1.165) is 22.9 Å². The number of hydrogen-bond acceptors (Lipinski definition) is 2. The quantitative estimate of drug-likeness (QED) is 0.756. The third-order valence-electron chi connectivity index (χ3n) is 4.49. The van der Waals surface area contributed by atoms with E-state index in [-0.39, 0.29) is 0 Å². The summed E-state index contributed by atoms with van der Waals surface area (Å²) in [6, 6.07) is 7.47. The number of amides is 1. The predicted octanol–water partition coefficient (Wildman–Crippen LogP) is 3.85. The molecule has 4 nitrogen and oxygen atoms in total. The maximum atomic E-state index is 13.6. The molecule has 0 aliphatic rings. The highest BCUT2D eigenvalue weighted by molar-refractivity contribution is 6.02. The van der Waals surface area contributed by atoms with Crippen molar-refractivity contribution in [1.82, 2.24) is 9.55 Å². The second kappa shape index (κ2) is 7.07. The molecule has 0 bridgehead atoms. The van der Waals surface area contributed by atoms with Crippen molar-refractivity contribution in [3.63, 3.8) is 0 Å². The zero-order valence-corrected chi connectivity index (χ0v) is 14.6. The lowest BCUT2D eigenvalue weighted by molar-refractivity contribution is 0.1000. The first-order chi connectivity index (χ1) is 12.4. The Bertz CT molecular complexity index is 965. The molecule has 0 aliphatic carbocycles. The largest absolute Gasteiger partial charge is 0.366 e. The molecule has 134 valence electrons. The van der Waals surface area contributed by atoms with Crippen LogP contribution in [-0.4, -0.2) is 15.5 Å². The minimum atomic E-state index is -0.895. The van der Waals surface area contributed by atoms with Gasteiger partial charge in [-0.15, -0.1) is 0 Å². The number of halogens is 2. The average Bonchev–Trinajstić information content (AvgIpc) is 2.91. The number of rotatable bonds is 5. The second-order valence-corrected chi connectivity index (χ2v) is 6.08. The lowest BCUT2D eigenvalue weighted by Gasteiger charge is -2.12. The van der Waals surface area contributed by atoms with E-state index in [9.17, 15) is 13.6 Å². The van der Waals surface area contributed by atoms with Gasteiger partial charge in [-0.2, -0.15) is 0 Å². The van der Waals surface area contributed by atoms with E-state index in [1.807, 2.05) is 17.6 Å². The summed E-state index contributed by atoms with van der Waals surface area (Å²) in [5.74, 6) is -2.31. The molecular weight excluding hydrogens is 336 g/mol. The topological polar surface area (TPSA) is 60.9 Å². The highest BCUT2D eigenvalue weighted by atomic mass is 19.2. The number of carbonyl (C=O) groups excluding carboxylic acids is 1. The number of nitrogens with zero attached hydrogens (tertiary/aromatic N) is 2. The maximum Gasteiger partial charge on any atom is 0.251 e. The Kier molecular flexibility index (Phi) is 4.84. The van der Waals surface area contributed by atoms with Gasteiger partial charge in [0.15, 0.2) is 11.6 Å². The molecule has 3 aromatic rings. The Labute approximate surface area is 150 Å². The second-order valence-electron chi connectivity index (χ2n) is 6.08. The molecule has 2 heterocycles. The van der Waals surface area contributed by atoms with Crippen LogP contribution in [0.25, 0.3) is 11.1 Å². The van der Waals surface area contributed by atoms with E-state index in [4.69, 9.17) is 5.73 Å². The molecule has 6 heteroatoms. The molecule has 0 saturated heterocycles. The first-order valence-corrected chi connectivity index (χ1v) is 8.30.